The zero-order valence-electron chi connectivity index (χ0n) is 17.5. The molecule has 0 spiro atoms. The molecule has 3 heterocycles. The Morgan fingerprint density at radius 2 is 2.03 bits per heavy atom. The zero-order chi connectivity index (χ0) is 20.6. The number of thiophene rings is 1. The van der Waals surface area contributed by atoms with E-state index in [0.29, 0.717) is 5.82 Å². The third kappa shape index (κ3) is 4.24. The van der Waals surface area contributed by atoms with E-state index in [4.69, 9.17) is 9.97 Å². The van der Waals surface area contributed by atoms with Crippen LogP contribution in [0.1, 0.15) is 44.1 Å². The van der Waals surface area contributed by atoms with Crippen molar-refractivity contribution in [3.8, 4) is 11.4 Å². The summed E-state index contributed by atoms with van der Waals surface area (Å²) in [6.07, 6.45) is 8.10. The van der Waals surface area contributed by atoms with E-state index in [1.807, 2.05) is 44.9 Å². The maximum absolute atomic E-state index is 12.6. The Bertz CT molecular complexity index is 1040. The van der Waals surface area contributed by atoms with E-state index in [1.165, 1.54) is 23.3 Å². The summed E-state index contributed by atoms with van der Waals surface area (Å²) in [5, 5.41) is 4.15. The first-order valence-electron chi connectivity index (χ1n) is 10.1. The topological polar surface area (TPSA) is 71.0 Å². The fourth-order valence-corrected chi connectivity index (χ4v) is 5.04. The van der Waals surface area contributed by atoms with Crippen LogP contribution in [-0.2, 0) is 17.6 Å². The van der Waals surface area contributed by atoms with E-state index < -0.39 is 0 Å². The van der Waals surface area contributed by atoms with Gasteiger partial charge in [-0.25, -0.2) is 9.97 Å². The third-order valence-corrected chi connectivity index (χ3v) is 6.16. The van der Waals surface area contributed by atoms with E-state index >= 15 is 0 Å². The van der Waals surface area contributed by atoms with Gasteiger partial charge in [0.15, 0.2) is 5.82 Å². The molecular formula is C22H27N5OS. The molecule has 152 valence electrons. The molecular weight excluding hydrogens is 382 g/mol. The van der Waals surface area contributed by atoms with Crippen LogP contribution in [0.5, 0.6) is 0 Å². The maximum atomic E-state index is 12.6. The number of hydrogen-bond donors (Lipinski definition) is 1. The number of aromatic nitrogens is 3. The molecule has 0 unspecified atom stereocenters. The number of carbonyl (C=O) groups excluding carboxylic acids is 1. The number of amides is 1. The Labute approximate surface area is 175 Å². The Morgan fingerprint density at radius 3 is 2.76 bits per heavy atom. The summed E-state index contributed by atoms with van der Waals surface area (Å²) >= 11 is 1.77. The molecule has 0 radical (unpaired) electrons. The monoisotopic (exact) mass is 409 g/mol. The van der Waals surface area contributed by atoms with Crippen molar-refractivity contribution in [2.24, 2.45) is 0 Å². The van der Waals surface area contributed by atoms with Gasteiger partial charge in [-0.1, -0.05) is 0 Å². The fourth-order valence-electron chi connectivity index (χ4n) is 3.79. The summed E-state index contributed by atoms with van der Waals surface area (Å²) in [5.41, 5.74) is 1.99. The van der Waals surface area contributed by atoms with Crippen molar-refractivity contribution in [3.63, 3.8) is 0 Å². The molecule has 29 heavy (non-hydrogen) atoms. The second-order valence-electron chi connectivity index (χ2n) is 8.66. The molecule has 0 atom stereocenters. The van der Waals surface area contributed by atoms with Gasteiger partial charge in [0.05, 0.1) is 11.9 Å². The van der Waals surface area contributed by atoms with Crippen molar-refractivity contribution in [3.05, 3.63) is 35.0 Å². The lowest BCUT2D eigenvalue weighted by molar-refractivity contribution is -0.121. The summed E-state index contributed by atoms with van der Waals surface area (Å²) in [6.45, 7) is 6.22. The molecule has 0 aliphatic heterocycles. The number of pyridine rings is 1. The number of fused-ring (bicyclic) bond motifs is 3. The van der Waals surface area contributed by atoms with Gasteiger partial charge in [-0.2, -0.15) is 0 Å². The first kappa shape index (κ1) is 19.8. The SMILES string of the molecule is CN(CC(=O)NC(C)(C)C)c1nc(-c2cccnc2)nc2sc3c(c12)CCCC3. The normalized spacial score (nSPS) is 13.9. The minimum atomic E-state index is -0.263. The number of anilines is 1. The molecule has 7 heteroatoms. The van der Waals surface area contributed by atoms with Crippen LogP contribution >= 0.6 is 11.3 Å². The van der Waals surface area contributed by atoms with Crippen molar-refractivity contribution >= 4 is 33.3 Å². The molecule has 0 saturated carbocycles. The van der Waals surface area contributed by atoms with Crippen molar-refractivity contribution < 1.29 is 4.79 Å². The molecule has 1 amide bonds. The number of hydrogen-bond acceptors (Lipinski definition) is 6. The van der Waals surface area contributed by atoms with Gasteiger partial charge in [0.25, 0.3) is 0 Å². The molecule has 1 N–H and O–H groups in total. The first-order valence-corrected chi connectivity index (χ1v) is 10.9. The minimum absolute atomic E-state index is 0.0150. The average Bonchev–Trinajstić information content (AvgIpc) is 3.04. The number of rotatable bonds is 4. The molecule has 3 aromatic rings. The van der Waals surface area contributed by atoms with Crippen molar-refractivity contribution in [1.29, 1.82) is 0 Å². The molecule has 0 fully saturated rings. The van der Waals surface area contributed by atoms with E-state index in [-0.39, 0.29) is 18.0 Å². The largest absolute Gasteiger partial charge is 0.350 e. The second-order valence-corrected chi connectivity index (χ2v) is 9.74. The highest BCUT2D eigenvalue weighted by molar-refractivity contribution is 7.19. The van der Waals surface area contributed by atoms with E-state index in [0.717, 1.165) is 34.4 Å². The maximum Gasteiger partial charge on any atom is 0.239 e. The molecule has 0 aromatic carbocycles. The number of nitrogens with one attached hydrogen (secondary N) is 1. The molecule has 0 saturated heterocycles. The lowest BCUT2D eigenvalue weighted by Crippen LogP contribution is -2.45. The van der Waals surface area contributed by atoms with Crippen LogP contribution in [0.4, 0.5) is 5.82 Å². The molecule has 1 aliphatic rings. The Hall–Kier alpha value is -2.54. The predicted molar refractivity (Wildman–Crippen MR) is 118 cm³/mol. The highest BCUT2D eigenvalue weighted by atomic mass is 32.1. The highest BCUT2D eigenvalue weighted by Crippen LogP contribution is 2.40. The van der Waals surface area contributed by atoms with Crippen molar-refractivity contribution in [1.82, 2.24) is 20.3 Å². The fraction of sp³-hybridized carbons (Fsp3) is 0.455. The first-order chi connectivity index (χ1) is 13.8. The predicted octanol–water partition coefficient (Wildman–Crippen LogP) is 3.98. The van der Waals surface area contributed by atoms with Crippen molar-refractivity contribution in [2.75, 3.05) is 18.5 Å². The van der Waals surface area contributed by atoms with Crippen LogP contribution in [-0.4, -0.2) is 40.0 Å². The molecule has 0 bridgehead atoms. The second kappa shape index (κ2) is 7.71. The van der Waals surface area contributed by atoms with E-state index in [9.17, 15) is 4.79 Å². The quantitative estimate of drug-likeness (QED) is 0.706. The average molecular weight is 410 g/mol. The summed E-state index contributed by atoms with van der Waals surface area (Å²) in [4.78, 5) is 30.9. The minimum Gasteiger partial charge on any atom is -0.350 e. The van der Waals surface area contributed by atoms with Gasteiger partial charge in [0.1, 0.15) is 10.6 Å². The van der Waals surface area contributed by atoms with E-state index in [2.05, 4.69) is 10.3 Å². The zero-order valence-corrected chi connectivity index (χ0v) is 18.3. The standard InChI is InChI=1S/C22H27N5OS/c1-22(2,3)26-17(28)13-27(4)20-18-15-9-5-6-10-16(15)29-21(18)25-19(24-20)14-8-7-11-23-12-14/h7-8,11-12H,5-6,9-10,13H2,1-4H3,(H,26,28). The van der Waals surface area contributed by atoms with Crippen LogP contribution in [0.15, 0.2) is 24.5 Å². The number of aryl methyl sites for hydroxylation is 2. The summed E-state index contributed by atoms with van der Waals surface area (Å²) in [6, 6.07) is 3.86. The Morgan fingerprint density at radius 1 is 1.24 bits per heavy atom. The number of likely N-dealkylation sites (N-methyl/N-ethyl adjacent to an activating group) is 1. The molecule has 4 rings (SSSR count). The van der Waals surface area contributed by atoms with Gasteiger partial charge in [0, 0.05) is 35.4 Å². The van der Waals surface area contributed by atoms with Crippen LogP contribution in [0.25, 0.3) is 21.6 Å². The number of carbonyl (C=O) groups is 1. The van der Waals surface area contributed by atoms with Crippen molar-refractivity contribution in [2.45, 2.75) is 52.0 Å². The Kier molecular flexibility index (Phi) is 5.25. The van der Waals surface area contributed by atoms with Gasteiger partial charge < -0.3 is 10.2 Å². The summed E-state index contributed by atoms with van der Waals surface area (Å²) in [7, 11) is 1.93. The lowest BCUT2D eigenvalue weighted by Gasteiger charge is -2.25. The van der Waals surface area contributed by atoms with Gasteiger partial charge in [-0.15, -0.1) is 11.3 Å². The summed E-state index contributed by atoms with van der Waals surface area (Å²) < 4.78 is 0. The highest BCUT2D eigenvalue weighted by Gasteiger charge is 2.24. The smallest absolute Gasteiger partial charge is 0.239 e. The van der Waals surface area contributed by atoms with Gasteiger partial charge in [-0.05, 0) is 64.2 Å². The van der Waals surface area contributed by atoms with Crippen LogP contribution in [0.3, 0.4) is 0 Å². The third-order valence-electron chi connectivity index (χ3n) is 4.97. The lowest BCUT2D eigenvalue weighted by atomic mass is 9.97. The van der Waals surface area contributed by atoms with Crippen LogP contribution in [0, 0.1) is 0 Å². The van der Waals surface area contributed by atoms with E-state index in [1.54, 1.807) is 23.7 Å². The van der Waals surface area contributed by atoms with Gasteiger partial charge >= 0.3 is 0 Å². The molecule has 6 nitrogen and oxygen atoms in total. The number of nitrogens with zero attached hydrogens (tertiary/aromatic N) is 4. The van der Waals surface area contributed by atoms with Crippen LogP contribution < -0.4 is 10.2 Å². The Balaban J connectivity index is 1.79. The van der Waals surface area contributed by atoms with Crippen LogP contribution in [0.2, 0.25) is 0 Å². The van der Waals surface area contributed by atoms with Gasteiger partial charge in [0.2, 0.25) is 5.91 Å². The summed E-state index contributed by atoms with van der Waals surface area (Å²) in [5.74, 6) is 1.47. The molecule has 3 aromatic heterocycles. The molecule has 1 aliphatic carbocycles. The van der Waals surface area contributed by atoms with Gasteiger partial charge in [-0.3, -0.25) is 9.78 Å².